The van der Waals surface area contributed by atoms with E-state index in [9.17, 15) is 4.79 Å². The highest BCUT2D eigenvalue weighted by atomic mass is 32.1. The number of fused-ring (bicyclic) bond motifs is 1. The minimum absolute atomic E-state index is 0.166. The zero-order chi connectivity index (χ0) is 16.5. The van der Waals surface area contributed by atoms with Crippen molar-refractivity contribution in [2.24, 2.45) is 0 Å². The van der Waals surface area contributed by atoms with Crippen LogP contribution in [0.3, 0.4) is 0 Å². The first kappa shape index (κ1) is 14.6. The highest BCUT2D eigenvalue weighted by Crippen LogP contribution is 2.20. The van der Waals surface area contributed by atoms with E-state index >= 15 is 0 Å². The van der Waals surface area contributed by atoms with Gasteiger partial charge in [-0.25, -0.2) is 9.67 Å². The molecule has 4 aromatic rings. The lowest BCUT2D eigenvalue weighted by Crippen LogP contribution is -2.11. The first-order valence-electron chi connectivity index (χ1n) is 7.48. The van der Waals surface area contributed by atoms with Crippen LogP contribution >= 0.6 is 11.3 Å². The van der Waals surface area contributed by atoms with Gasteiger partial charge in [0.1, 0.15) is 0 Å². The van der Waals surface area contributed by atoms with E-state index in [1.165, 1.54) is 11.3 Å². The van der Waals surface area contributed by atoms with Crippen LogP contribution in [-0.2, 0) is 0 Å². The molecule has 1 amide bonds. The van der Waals surface area contributed by atoms with Crippen molar-refractivity contribution in [3.8, 4) is 5.69 Å². The Bertz CT molecular complexity index is 1020. The third-order valence-electron chi connectivity index (χ3n) is 3.69. The maximum atomic E-state index is 12.3. The molecule has 0 radical (unpaired) electrons. The number of anilines is 1. The first-order chi connectivity index (χ1) is 11.7. The van der Waals surface area contributed by atoms with E-state index in [1.807, 2.05) is 54.2 Å². The standard InChI is InChI=1S/C18H14N4OS/c1-12-10-19-18(24-12)21-17(23)13-6-8-15(9-7-13)22-16-5-3-2-4-14(16)11-20-22/h2-11H,1H3,(H,19,21,23). The topological polar surface area (TPSA) is 59.8 Å². The van der Waals surface area contributed by atoms with Crippen LogP contribution in [-0.4, -0.2) is 20.7 Å². The van der Waals surface area contributed by atoms with Crippen molar-refractivity contribution in [3.63, 3.8) is 0 Å². The van der Waals surface area contributed by atoms with Gasteiger partial charge >= 0.3 is 0 Å². The van der Waals surface area contributed by atoms with E-state index in [1.54, 1.807) is 18.3 Å². The monoisotopic (exact) mass is 334 g/mol. The quantitative estimate of drug-likeness (QED) is 0.615. The van der Waals surface area contributed by atoms with Crippen LogP contribution in [0.4, 0.5) is 5.13 Å². The lowest BCUT2D eigenvalue weighted by atomic mass is 10.2. The van der Waals surface area contributed by atoms with Gasteiger partial charge in [0.25, 0.3) is 5.91 Å². The van der Waals surface area contributed by atoms with Crippen LogP contribution in [0.15, 0.2) is 60.9 Å². The Hall–Kier alpha value is -2.99. The molecule has 118 valence electrons. The molecule has 2 aromatic heterocycles. The van der Waals surface area contributed by atoms with Crippen molar-refractivity contribution in [3.05, 3.63) is 71.4 Å². The molecule has 0 aliphatic rings. The molecule has 4 rings (SSSR count). The average molecular weight is 334 g/mol. The number of benzene rings is 2. The molecule has 2 aromatic carbocycles. The molecule has 6 heteroatoms. The number of carbonyl (C=O) groups is 1. The largest absolute Gasteiger partial charge is 0.298 e. The van der Waals surface area contributed by atoms with Gasteiger partial charge < -0.3 is 0 Å². The number of rotatable bonds is 3. The summed E-state index contributed by atoms with van der Waals surface area (Å²) in [6.07, 6.45) is 3.58. The number of carbonyl (C=O) groups excluding carboxylic acids is 1. The van der Waals surface area contributed by atoms with E-state index in [-0.39, 0.29) is 5.91 Å². The predicted octanol–water partition coefficient (Wildman–Crippen LogP) is 4.04. The molecule has 5 nitrogen and oxygen atoms in total. The number of aryl methyl sites for hydroxylation is 1. The molecule has 2 heterocycles. The number of nitrogens with zero attached hydrogens (tertiary/aromatic N) is 3. The average Bonchev–Trinajstić information content (AvgIpc) is 3.21. The molecule has 0 fully saturated rings. The fourth-order valence-corrected chi connectivity index (χ4v) is 3.17. The van der Waals surface area contributed by atoms with Crippen LogP contribution in [0.1, 0.15) is 15.2 Å². The third kappa shape index (κ3) is 2.68. The molecule has 0 aliphatic carbocycles. The number of hydrogen-bond donors (Lipinski definition) is 1. The Morgan fingerprint density at radius 3 is 2.62 bits per heavy atom. The van der Waals surface area contributed by atoms with Crippen molar-refractivity contribution >= 4 is 33.3 Å². The summed E-state index contributed by atoms with van der Waals surface area (Å²) in [4.78, 5) is 17.5. The van der Waals surface area contributed by atoms with Gasteiger partial charge in [-0.15, -0.1) is 11.3 Å². The second kappa shape index (κ2) is 5.90. The van der Waals surface area contributed by atoms with Crippen LogP contribution in [0.5, 0.6) is 0 Å². The second-order valence-corrected chi connectivity index (χ2v) is 6.63. The van der Waals surface area contributed by atoms with Crippen LogP contribution in [0.2, 0.25) is 0 Å². The van der Waals surface area contributed by atoms with Crippen molar-refractivity contribution in [2.75, 3.05) is 5.32 Å². The lowest BCUT2D eigenvalue weighted by molar-refractivity contribution is 0.102. The van der Waals surface area contributed by atoms with E-state index < -0.39 is 0 Å². The van der Waals surface area contributed by atoms with Gasteiger partial charge in [0.15, 0.2) is 5.13 Å². The highest BCUT2D eigenvalue weighted by Gasteiger charge is 2.09. The van der Waals surface area contributed by atoms with E-state index in [4.69, 9.17) is 0 Å². The second-order valence-electron chi connectivity index (χ2n) is 5.39. The molecule has 24 heavy (non-hydrogen) atoms. The summed E-state index contributed by atoms with van der Waals surface area (Å²) in [6, 6.07) is 15.4. The molecule has 0 spiro atoms. The Labute approximate surface area is 142 Å². The van der Waals surface area contributed by atoms with Gasteiger partial charge in [-0.2, -0.15) is 5.10 Å². The molecular formula is C18H14N4OS. The van der Waals surface area contributed by atoms with Crippen LogP contribution in [0, 0.1) is 6.92 Å². The zero-order valence-electron chi connectivity index (χ0n) is 12.9. The van der Waals surface area contributed by atoms with Crippen molar-refractivity contribution in [1.82, 2.24) is 14.8 Å². The predicted molar refractivity (Wildman–Crippen MR) is 95.9 cm³/mol. The maximum Gasteiger partial charge on any atom is 0.257 e. The smallest absolute Gasteiger partial charge is 0.257 e. The summed E-state index contributed by atoms with van der Waals surface area (Å²) in [5, 5.41) is 8.92. The number of amides is 1. The minimum Gasteiger partial charge on any atom is -0.298 e. The molecule has 0 bridgehead atoms. The van der Waals surface area contributed by atoms with Gasteiger partial charge in [-0.05, 0) is 37.3 Å². The van der Waals surface area contributed by atoms with Crippen molar-refractivity contribution in [1.29, 1.82) is 0 Å². The Balaban J connectivity index is 1.59. The third-order valence-corrected chi connectivity index (χ3v) is 4.52. The number of para-hydroxylation sites is 1. The molecule has 0 atom stereocenters. The highest BCUT2D eigenvalue weighted by molar-refractivity contribution is 7.15. The summed E-state index contributed by atoms with van der Waals surface area (Å²) in [5.41, 5.74) is 2.54. The summed E-state index contributed by atoms with van der Waals surface area (Å²) in [7, 11) is 0. The zero-order valence-corrected chi connectivity index (χ0v) is 13.7. The van der Waals surface area contributed by atoms with Gasteiger partial charge in [0.05, 0.1) is 17.4 Å². The molecule has 0 aliphatic heterocycles. The van der Waals surface area contributed by atoms with Crippen molar-refractivity contribution < 1.29 is 4.79 Å². The van der Waals surface area contributed by atoms with E-state index in [0.717, 1.165) is 21.5 Å². The molecule has 1 N–H and O–H groups in total. The SMILES string of the molecule is Cc1cnc(NC(=O)c2ccc(-n3ncc4ccccc43)cc2)s1. The van der Waals surface area contributed by atoms with Gasteiger partial charge in [-0.1, -0.05) is 18.2 Å². The summed E-state index contributed by atoms with van der Waals surface area (Å²) >= 11 is 1.46. The van der Waals surface area contributed by atoms with Gasteiger partial charge in [0.2, 0.25) is 0 Å². The number of hydrogen-bond acceptors (Lipinski definition) is 4. The number of thiazole rings is 1. The lowest BCUT2D eigenvalue weighted by Gasteiger charge is -2.06. The van der Waals surface area contributed by atoms with Gasteiger partial charge in [0, 0.05) is 22.0 Å². The Morgan fingerprint density at radius 1 is 1.08 bits per heavy atom. The summed E-state index contributed by atoms with van der Waals surface area (Å²) < 4.78 is 1.86. The van der Waals surface area contributed by atoms with E-state index in [0.29, 0.717) is 10.7 Å². The Morgan fingerprint density at radius 2 is 1.88 bits per heavy atom. The fraction of sp³-hybridized carbons (Fsp3) is 0.0556. The van der Waals surface area contributed by atoms with Crippen LogP contribution in [0.25, 0.3) is 16.6 Å². The van der Waals surface area contributed by atoms with Crippen molar-refractivity contribution in [2.45, 2.75) is 6.92 Å². The minimum atomic E-state index is -0.166. The maximum absolute atomic E-state index is 12.3. The van der Waals surface area contributed by atoms with Gasteiger partial charge in [-0.3, -0.25) is 10.1 Å². The molecule has 0 saturated carbocycles. The number of aromatic nitrogens is 3. The molecule has 0 saturated heterocycles. The van der Waals surface area contributed by atoms with E-state index in [2.05, 4.69) is 15.4 Å². The molecule has 0 unspecified atom stereocenters. The Kier molecular flexibility index (Phi) is 3.59. The first-order valence-corrected chi connectivity index (χ1v) is 8.29. The van der Waals surface area contributed by atoms with Crippen LogP contribution < -0.4 is 5.32 Å². The fourth-order valence-electron chi connectivity index (χ4n) is 2.51. The molecular weight excluding hydrogens is 320 g/mol. The summed E-state index contributed by atoms with van der Waals surface area (Å²) in [6.45, 7) is 1.95. The summed E-state index contributed by atoms with van der Waals surface area (Å²) in [5.74, 6) is -0.166. The number of nitrogens with one attached hydrogen (secondary N) is 1. The normalized spacial score (nSPS) is 10.9.